The van der Waals surface area contributed by atoms with Gasteiger partial charge in [0.25, 0.3) is 0 Å². The van der Waals surface area contributed by atoms with Crippen molar-refractivity contribution in [1.29, 1.82) is 0 Å². The van der Waals surface area contributed by atoms with E-state index in [9.17, 15) is 4.79 Å². The van der Waals surface area contributed by atoms with Crippen molar-refractivity contribution in [3.05, 3.63) is 16.5 Å². The Kier molecular flexibility index (Phi) is 6.05. The van der Waals surface area contributed by atoms with Gasteiger partial charge >= 0.3 is 0 Å². The minimum absolute atomic E-state index is 0.210. The van der Waals surface area contributed by atoms with Gasteiger partial charge in [0.15, 0.2) is 6.29 Å². The first kappa shape index (κ1) is 14.9. The van der Waals surface area contributed by atoms with Crippen LogP contribution in [0.4, 0.5) is 5.82 Å². The summed E-state index contributed by atoms with van der Waals surface area (Å²) in [6.45, 7) is 6.97. The zero-order chi connectivity index (χ0) is 13.5. The van der Waals surface area contributed by atoms with Gasteiger partial charge < -0.3 is 5.32 Å². The number of nitrogens with zero attached hydrogens (tertiary/aromatic N) is 2. The van der Waals surface area contributed by atoms with Gasteiger partial charge in [0, 0.05) is 6.54 Å². The van der Waals surface area contributed by atoms with Gasteiger partial charge in [-0.25, -0.2) is 9.97 Å². The molecule has 1 N–H and O–H groups in total. The third kappa shape index (κ3) is 4.61. The average Bonchev–Trinajstić information content (AvgIpc) is 2.27. The van der Waals surface area contributed by atoms with E-state index < -0.39 is 0 Å². The Morgan fingerprint density at radius 2 is 2.06 bits per heavy atom. The highest BCUT2D eigenvalue weighted by atomic mass is 35.5. The SMILES string of the molecule is Cc1nc(Cl)c(C=O)c(NCCCCC(C)C)n1. The molecule has 1 aromatic rings. The molecule has 0 aromatic carbocycles. The lowest BCUT2D eigenvalue weighted by molar-refractivity contribution is 0.112. The van der Waals surface area contributed by atoms with Crippen LogP contribution in [0, 0.1) is 12.8 Å². The number of hydrogen-bond acceptors (Lipinski definition) is 4. The zero-order valence-electron chi connectivity index (χ0n) is 11.2. The fourth-order valence-electron chi connectivity index (χ4n) is 1.67. The maximum absolute atomic E-state index is 10.9. The number of aromatic nitrogens is 2. The molecule has 0 aliphatic heterocycles. The van der Waals surface area contributed by atoms with Gasteiger partial charge in [0.1, 0.15) is 16.8 Å². The molecular weight excluding hydrogens is 250 g/mol. The van der Waals surface area contributed by atoms with Crippen molar-refractivity contribution in [2.75, 3.05) is 11.9 Å². The van der Waals surface area contributed by atoms with Crippen LogP contribution in [0.1, 0.15) is 49.3 Å². The smallest absolute Gasteiger partial charge is 0.156 e. The lowest BCUT2D eigenvalue weighted by Gasteiger charge is -2.10. The highest BCUT2D eigenvalue weighted by molar-refractivity contribution is 6.32. The molecule has 0 aliphatic rings. The lowest BCUT2D eigenvalue weighted by Crippen LogP contribution is -2.09. The molecule has 0 unspecified atom stereocenters. The third-order valence-corrected chi connectivity index (χ3v) is 2.92. The molecule has 100 valence electrons. The highest BCUT2D eigenvalue weighted by Crippen LogP contribution is 2.19. The maximum atomic E-state index is 10.9. The third-order valence-electron chi connectivity index (χ3n) is 2.63. The second-order valence-electron chi connectivity index (χ2n) is 4.76. The lowest BCUT2D eigenvalue weighted by atomic mass is 10.1. The number of halogens is 1. The Morgan fingerprint density at radius 3 is 2.67 bits per heavy atom. The normalized spacial score (nSPS) is 10.7. The molecule has 0 atom stereocenters. The van der Waals surface area contributed by atoms with Gasteiger partial charge in [-0.1, -0.05) is 38.3 Å². The van der Waals surface area contributed by atoms with Crippen molar-refractivity contribution < 1.29 is 4.79 Å². The van der Waals surface area contributed by atoms with Crippen LogP contribution in [0.5, 0.6) is 0 Å². The van der Waals surface area contributed by atoms with Crippen molar-refractivity contribution in [2.45, 2.75) is 40.0 Å². The van der Waals surface area contributed by atoms with Crippen LogP contribution in [0.2, 0.25) is 5.15 Å². The number of rotatable bonds is 7. The predicted molar refractivity (Wildman–Crippen MR) is 74.3 cm³/mol. The Hall–Kier alpha value is -1.16. The van der Waals surface area contributed by atoms with Crippen LogP contribution in [0.3, 0.4) is 0 Å². The first-order valence-corrected chi connectivity index (χ1v) is 6.65. The number of nitrogens with one attached hydrogen (secondary N) is 1. The number of hydrogen-bond donors (Lipinski definition) is 1. The molecule has 0 saturated heterocycles. The summed E-state index contributed by atoms with van der Waals surface area (Å²) in [6, 6.07) is 0. The van der Waals surface area contributed by atoms with E-state index in [0.717, 1.165) is 18.9 Å². The number of aryl methyl sites for hydroxylation is 1. The summed E-state index contributed by atoms with van der Waals surface area (Å²) in [5.74, 6) is 1.83. The molecule has 0 aliphatic carbocycles. The van der Waals surface area contributed by atoms with Crippen molar-refractivity contribution >= 4 is 23.7 Å². The van der Waals surface area contributed by atoms with Crippen LogP contribution in [0.15, 0.2) is 0 Å². The number of anilines is 1. The number of carbonyl (C=O) groups excluding carboxylic acids is 1. The molecule has 4 nitrogen and oxygen atoms in total. The summed E-state index contributed by atoms with van der Waals surface area (Å²) < 4.78 is 0. The largest absolute Gasteiger partial charge is 0.369 e. The van der Waals surface area contributed by atoms with E-state index in [1.54, 1.807) is 6.92 Å². The van der Waals surface area contributed by atoms with E-state index in [1.807, 2.05) is 0 Å². The van der Waals surface area contributed by atoms with Gasteiger partial charge in [-0.3, -0.25) is 4.79 Å². The van der Waals surface area contributed by atoms with Gasteiger partial charge in [-0.05, 0) is 19.3 Å². The van der Waals surface area contributed by atoms with Crippen LogP contribution < -0.4 is 5.32 Å². The Morgan fingerprint density at radius 1 is 1.33 bits per heavy atom. The van der Waals surface area contributed by atoms with Crippen LogP contribution >= 0.6 is 11.6 Å². The van der Waals surface area contributed by atoms with E-state index in [-0.39, 0.29) is 5.15 Å². The standard InChI is InChI=1S/C13H20ClN3O/c1-9(2)6-4-5-7-15-13-11(8-18)12(14)16-10(3)17-13/h8-9H,4-7H2,1-3H3,(H,15,16,17). The van der Waals surface area contributed by atoms with Gasteiger partial charge in [0.2, 0.25) is 0 Å². The van der Waals surface area contributed by atoms with Crippen molar-refractivity contribution in [1.82, 2.24) is 9.97 Å². The fraction of sp³-hybridized carbons (Fsp3) is 0.615. The van der Waals surface area contributed by atoms with Crippen LogP contribution in [-0.4, -0.2) is 22.8 Å². The Bertz CT molecular complexity index is 407. The van der Waals surface area contributed by atoms with E-state index in [1.165, 1.54) is 12.8 Å². The van der Waals surface area contributed by atoms with Crippen LogP contribution in [0.25, 0.3) is 0 Å². The molecule has 0 fully saturated rings. The summed E-state index contributed by atoms with van der Waals surface area (Å²) in [6.07, 6.45) is 4.13. The molecule has 1 rings (SSSR count). The molecule has 0 radical (unpaired) electrons. The summed E-state index contributed by atoms with van der Waals surface area (Å²) >= 11 is 5.89. The van der Waals surface area contributed by atoms with Gasteiger partial charge in [-0.15, -0.1) is 0 Å². The molecule has 1 aromatic heterocycles. The molecule has 0 bridgehead atoms. The molecule has 5 heteroatoms. The topological polar surface area (TPSA) is 54.9 Å². The first-order chi connectivity index (χ1) is 8.54. The molecule has 1 heterocycles. The minimum Gasteiger partial charge on any atom is -0.369 e. The van der Waals surface area contributed by atoms with Gasteiger partial charge in [-0.2, -0.15) is 0 Å². The van der Waals surface area contributed by atoms with Gasteiger partial charge in [0.05, 0.1) is 5.56 Å². The van der Waals surface area contributed by atoms with E-state index in [4.69, 9.17) is 11.6 Å². The maximum Gasteiger partial charge on any atom is 0.156 e. The number of aldehydes is 1. The first-order valence-electron chi connectivity index (χ1n) is 6.27. The second-order valence-corrected chi connectivity index (χ2v) is 5.12. The highest BCUT2D eigenvalue weighted by Gasteiger charge is 2.10. The molecule has 0 spiro atoms. The minimum atomic E-state index is 0.210. The van der Waals surface area contributed by atoms with Crippen molar-refractivity contribution in [3.8, 4) is 0 Å². The number of carbonyl (C=O) groups is 1. The molecule has 0 amide bonds. The Labute approximate surface area is 113 Å². The zero-order valence-corrected chi connectivity index (χ0v) is 11.9. The summed E-state index contributed by atoms with van der Waals surface area (Å²) in [7, 11) is 0. The summed E-state index contributed by atoms with van der Waals surface area (Å²) in [5.41, 5.74) is 0.339. The summed E-state index contributed by atoms with van der Waals surface area (Å²) in [4.78, 5) is 19.1. The van der Waals surface area contributed by atoms with E-state index >= 15 is 0 Å². The second kappa shape index (κ2) is 7.31. The van der Waals surface area contributed by atoms with E-state index in [0.29, 0.717) is 23.5 Å². The quantitative estimate of drug-likeness (QED) is 0.468. The number of unbranched alkanes of at least 4 members (excludes halogenated alkanes) is 1. The Balaban J connectivity index is 2.53. The fourth-order valence-corrected chi connectivity index (χ4v) is 1.93. The molecular formula is C13H20ClN3O. The molecule has 0 saturated carbocycles. The van der Waals surface area contributed by atoms with Crippen molar-refractivity contribution in [2.24, 2.45) is 5.92 Å². The average molecular weight is 270 g/mol. The predicted octanol–water partition coefficient (Wildman–Crippen LogP) is 3.49. The van der Waals surface area contributed by atoms with E-state index in [2.05, 4.69) is 29.1 Å². The summed E-state index contributed by atoms with van der Waals surface area (Å²) in [5, 5.41) is 3.36. The monoisotopic (exact) mass is 269 g/mol. The van der Waals surface area contributed by atoms with Crippen molar-refractivity contribution in [3.63, 3.8) is 0 Å². The van der Waals surface area contributed by atoms with Crippen LogP contribution in [-0.2, 0) is 0 Å². The molecule has 18 heavy (non-hydrogen) atoms.